The predicted molar refractivity (Wildman–Crippen MR) is 101 cm³/mol. The van der Waals surface area contributed by atoms with Crippen LogP contribution in [-0.2, 0) is 14.3 Å². The van der Waals surface area contributed by atoms with Crippen molar-refractivity contribution in [1.82, 2.24) is 0 Å². The average molecular weight is 379 g/mol. The largest absolute Gasteiger partial charge is 0.481 e. The molecule has 1 aliphatic carbocycles. The quantitative estimate of drug-likeness (QED) is 0.597. The maximum Gasteiger partial charge on any atom is 0.341 e. The number of anilines is 1. The van der Waals surface area contributed by atoms with Gasteiger partial charge in [-0.15, -0.1) is 11.3 Å². The lowest BCUT2D eigenvalue weighted by molar-refractivity contribution is -0.146. The first-order chi connectivity index (χ1) is 12.2. The Balaban J connectivity index is 2.31. The summed E-state index contributed by atoms with van der Waals surface area (Å²) in [7, 11) is 0. The zero-order valence-corrected chi connectivity index (χ0v) is 16.6. The van der Waals surface area contributed by atoms with Gasteiger partial charge in [0, 0.05) is 4.88 Å². The predicted octanol–water partition coefficient (Wildman–Crippen LogP) is 3.93. The van der Waals surface area contributed by atoms with Gasteiger partial charge in [-0.1, -0.05) is 11.1 Å². The standard InChI is InChI=1S/C19H25NO5S/c1-6-25-19(24)15-11(4)12(5)26-17(15)20-16(21)13-7-9(2)10(3)8-14(13)18(22)23/h13-14H,6-8H2,1-5H3,(H,20,21)(H,22,23)/t13-,14-/m1/s1. The summed E-state index contributed by atoms with van der Waals surface area (Å²) < 4.78 is 5.10. The molecule has 26 heavy (non-hydrogen) atoms. The number of amides is 1. The normalized spacial score (nSPS) is 20.0. The molecule has 6 nitrogen and oxygen atoms in total. The van der Waals surface area contributed by atoms with Crippen molar-refractivity contribution in [1.29, 1.82) is 0 Å². The van der Waals surface area contributed by atoms with Crippen molar-refractivity contribution in [3.8, 4) is 0 Å². The molecule has 0 fully saturated rings. The molecule has 1 heterocycles. The molecule has 0 saturated heterocycles. The fourth-order valence-corrected chi connectivity index (χ4v) is 4.25. The van der Waals surface area contributed by atoms with Gasteiger partial charge in [-0.25, -0.2) is 4.79 Å². The van der Waals surface area contributed by atoms with E-state index < -0.39 is 23.8 Å². The molecule has 1 amide bonds. The number of hydrogen-bond acceptors (Lipinski definition) is 5. The van der Waals surface area contributed by atoms with E-state index >= 15 is 0 Å². The van der Waals surface area contributed by atoms with Crippen LogP contribution in [0.5, 0.6) is 0 Å². The second-order valence-corrected chi connectivity index (χ2v) is 7.94. The molecular weight excluding hydrogens is 354 g/mol. The zero-order valence-electron chi connectivity index (χ0n) is 15.8. The summed E-state index contributed by atoms with van der Waals surface area (Å²) in [6.45, 7) is 9.48. The zero-order chi connectivity index (χ0) is 19.6. The lowest BCUT2D eigenvalue weighted by Gasteiger charge is -2.29. The highest BCUT2D eigenvalue weighted by molar-refractivity contribution is 7.16. The number of carboxylic acid groups (broad SMARTS) is 1. The smallest absolute Gasteiger partial charge is 0.341 e. The van der Waals surface area contributed by atoms with Gasteiger partial charge in [-0.3, -0.25) is 9.59 Å². The minimum atomic E-state index is -0.971. The Hall–Kier alpha value is -2.15. The van der Waals surface area contributed by atoms with Gasteiger partial charge >= 0.3 is 11.9 Å². The minimum Gasteiger partial charge on any atom is -0.481 e. The molecule has 2 rings (SSSR count). The van der Waals surface area contributed by atoms with E-state index in [4.69, 9.17) is 4.74 Å². The molecule has 0 aromatic carbocycles. The number of rotatable bonds is 5. The Labute approximate surface area is 157 Å². The Morgan fingerprint density at radius 3 is 2.23 bits per heavy atom. The summed E-state index contributed by atoms with van der Waals surface area (Å²) in [5, 5.41) is 12.7. The van der Waals surface area contributed by atoms with E-state index in [2.05, 4.69) is 5.32 Å². The van der Waals surface area contributed by atoms with E-state index in [1.54, 1.807) is 6.92 Å². The van der Waals surface area contributed by atoms with E-state index in [1.165, 1.54) is 11.3 Å². The van der Waals surface area contributed by atoms with E-state index in [0.29, 0.717) is 23.4 Å². The van der Waals surface area contributed by atoms with Crippen LogP contribution in [0.1, 0.15) is 54.4 Å². The molecule has 0 bridgehead atoms. The van der Waals surface area contributed by atoms with Crippen molar-refractivity contribution in [2.75, 3.05) is 11.9 Å². The summed E-state index contributed by atoms with van der Waals surface area (Å²) >= 11 is 1.31. The van der Waals surface area contributed by atoms with E-state index in [1.807, 2.05) is 27.7 Å². The fraction of sp³-hybridized carbons (Fsp3) is 0.526. The fourth-order valence-electron chi connectivity index (χ4n) is 3.20. The van der Waals surface area contributed by atoms with Gasteiger partial charge in [0.25, 0.3) is 0 Å². The molecule has 1 aromatic heterocycles. The van der Waals surface area contributed by atoms with Crippen molar-refractivity contribution in [2.24, 2.45) is 11.8 Å². The minimum absolute atomic E-state index is 0.244. The number of esters is 1. The third-order valence-electron chi connectivity index (χ3n) is 5.02. The van der Waals surface area contributed by atoms with E-state index in [9.17, 15) is 19.5 Å². The molecule has 0 spiro atoms. The van der Waals surface area contributed by atoms with Crippen LogP contribution in [0.4, 0.5) is 5.00 Å². The summed E-state index contributed by atoms with van der Waals surface area (Å²) in [6, 6.07) is 0. The van der Waals surface area contributed by atoms with Gasteiger partial charge < -0.3 is 15.2 Å². The van der Waals surface area contributed by atoms with Gasteiger partial charge in [0.15, 0.2) is 0 Å². The highest BCUT2D eigenvalue weighted by Crippen LogP contribution is 2.37. The number of aryl methyl sites for hydroxylation is 1. The Kier molecular flexibility index (Phi) is 6.23. The number of carbonyl (C=O) groups excluding carboxylic acids is 2. The van der Waals surface area contributed by atoms with Crippen molar-refractivity contribution in [3.63, 3.8) is 0 Å². The summed E-state index contributed by atoms with van der Waals surface area (Å²) in [5.74, 6) is -3.23. The molecule has 0 aliphatic heterocycles. The maximum absolute atomic E-state index is 12.8. The number of carbonyl (C=O) groups is 3. The Bertz CT molecular complexity index is 777. The van der Waals surface area contributed by atoms with Gasteiger partial charge in [-0.2, -0.15) is 0 Å². The molecule has 1 aromatic rings. The van der Waals surface area contributed by atoms with Crippen molar-refractivity contribution < 1.29 is 24.2 Å². The maximum atomic E-state index is 12.8. The van der Waals surface area contributed by atoms with Crippen molar-refractivity contribution >= 4 is 34.2 Å². The first kappa shape index (κ1) is 20.2. The molecule has 2 atom stereocenters. The van der Waals surface area contributed by atoms with Crippen molar-refractivity contribution in [3.05, 3.63) is 27.2 Å². The summed E-state index contributed by atoms with van der Waals surface area (Å²) in [4.78, 5) is 37.6. The van der Waals surface area contributed by atoms with E-state index in [-0.39, 0.29) is 12.5 Å². The molecule has 1 aliphatic rings. The number of thiophene rings is 1. The number of allylic oxidation sites excluding steroid dienone is 2. The first-order valence-corrected chi connectivity index (χ1v) is 9.44. The van der Waals surface area contributed by atoms with Crippen LogP contribution in [0, 0.1) is 25.7 Å². The number of ether oxygens (including phenoxy) is 1. The van der Waals surface area contributed by atoms with Gasteiger partial charge in [0.05, 0.1) is 24.0 Å². The summed E-state index contributed by atoms with van der Waals surface area (Å²) in [6.07, 6.45) is 0.777. The van der Waals surface area contributed by atoms with E-state index in [0.717, 1.165) is 21.6 Å². The molecule has 0 unspecified atom stereocenters. The van der Waals surface area contributed by atoms with Gasteiger partial charge in [0.2, 0.25) is 5.91 Å². The molecule has 142 valence electrons. The topological polar surface area (TPSA) is 92.7 Å². The third kappa shape index (κ3) is 3.98. The second-order valence-electron chi connectivity index (χ2n) is 6.72. The number of aliphatic carboxylic acids is 1. The molecular formula is C19H25NO5S. The molecule has 0 radical (unpaired) electrons. The molecule has 0 saturated carbocycles. The van der Waals surface area contributed by atoms with Crippen LogP contribution in [-0.4, -0.2) is 29.6 Å². The average Bonchev–Trinajstić information content (AvgIpc) is 2.83. The monoisotopic (exact) mass is 379 g/mol. The molecule has 2 N–H and O–H groups in total. The SMILES string of the molecule is CCOC(=O)c1c(NC(=O)[C@@H]2CC(C)=C(C)C[C@H]2C(=O)O)sc(C)c1C. The highest BCUT2D eigenvalue weighted by atomic mass is 32.1. The Morgan fingerprint density at radius 1 is 1.12 bits per heavy atom. The van der Waals surface area contributed by atoms with Crippen LogP contribution in [0.25, 0.3) is 0 Å². The van der Waals surface area contributed by atoms with Crippen LogP contribution < -0.4 is 5.32 Å². The van der Waals surface area contributed by atoms with Gasteiger partial charge in [0.1, 0.15) is 5.00 Å². The van der Waals surface area contributed by atoms with Crippen LogP contribution >= 0.6 is 11.3 Å². The molecule has 7 heteroatoms. The second kappa shape index (κ2) is 8.03. The lowest BCUT2D eigenvalue weighted by Crippen LogP contribution is -2.36. The summed E-state index contributed by atoms with van der Waals surface area (Å²) in [5.41, 5.74) is 3.20. The lowest BCUT2D eigenvalue weighted by atomic mass is 9.76. The third-order valence-corrected chi connectivity index (χ3v) is 6.14. The first-order valence-electron chi connectivity index (χ1n) is 8.63. The highest BCUT2D eigenvalue weighted by Gasteiger charge is 2.38. The Morgan fingerprint density at radius 2 is 1.69 bits per heavy atom. The van der Waals surface area contributed by atoms with Crippen molar-refractivity contribution in [2.45, 2.75) is 47.5 Å². The van der Waals surface area contributed by atoms with Gasteiger partial charge in [-0.05, 0) is 53.0 Å². The number of carboxylic acids is 1. The van der Waals surface area contributed by atoms with Crippen LogP contribution in [0.2, 0.25) is 0 Å². The number of nitrogens with one attached hydrogen (secondary N) is 1. The van der Waals surface area contributed by atoms with Crippen LogP contribution in [0.15, 0.2) is 11.1 Å². The van der Waals surface area contributed by atoms with Crippen LogP contribution in [0.3, 0.4) is 0 Å². The number of hydrogen-bond donors (Lipinski definition) is 2.